The normalized spacial score (nSPS) is 17.4. The first-order valence-electron chi connectivity index (χ1n) is 14.0. The van der Waals surface area contributed by atoms with Gasteiger partial charge in [0, 0.05) is 16.7 Å². The molecule has 40 heavy (non-hydrogen) atoms. The predicted octanol–water partition coefficient (Wildman–Crippen LogP) is 9.35. The molecule has 0 aliphatic carbocycles. The summed E-state index contributed by atoms with van der Waals surface area (Å²) in [5.74, 6) is -4.09. The highest BCUT2D eigenvalue weighted by molar-refractivity contribution is 5.71. The van der Waals surface area contributed by atoms with Crippen LogP contribution >= 0.6 is 0 Å². The zero-order chi connectivity index (χ0) is 28.5. The molecule has 2 atom stereocenters. The zero-order valence-corrected chi connectivity index (χ0v) is 23.0. The summed E-state index contributed by atoms with van der Waals surface area (Å²) in [6, 6.07) is 12.2. The molecule has 1 heterocycles. The van der Waals surface area contributed by atoms with Crippen LogP contribution in [0.15, 0.2) is 60.7 Å². The summed E-state index contributed by atoms with van der Waals surface area (Å²) < 4.78 is 76.7. The highest BCUT2D eigenvalue weighted by Crippen LogP contribution is 2.36. The van der Waals surface area contributed by atoms with E-state index in [4.69, 9.17) is 14.2 Å². The van der Waals surface area contributed by atoms with Crippen LogP contribution in [0.2, 0.25) is 0 Å². The van der Waals surface area contributed by atoms with E-state index in [1.54, 1.807) is 30.3 Å². The molecular weight excluding hydrogens is 520 g/mol. The minimum Gasteiger partial charge on any atom is -0.490 e. The van der Waals surface area contributed by atoms with Crippen molar-refractivity contribution in [2.75, 3.05) is 19.8 Å². The van der Waals surface area contributed by atoms with Gasteiger partial charge in [-0.1, -0.05) is 74.7 Å². The van der Waals surface area contributed by atoms with Crippen molar-refractivity contribution < 1.29 is 31.8 Å². The average molecular weight is 557 g/mol. The molecule has 0 radical (unpaired) electrons. The first-order valence-corrected chi connectivity index (χ1v) is 14.0. The van der Waals surface area contributed by atoms with Gasteiger partial charge in [0.25, 0.3) is 0 Å². The molecule has 1 aliphatic rings. The van der Waals surface area contributed by atoms with Crippen molar-refractivity contribution in [2.45, 2.75) is 64.6 Å². The Bertz CT molecular complexity index is 1280. The first kappa shape index (κ1) is 29.8. The number of hydrogen-bond donors (Lipinski definition) is 0. The summed E-state index contributed by atoms with van der Waals surface area (Å²) in [5, 5.41) is 0. The van der Waals surface area contributed by atoms with E-state index in [1.165, 1.54) is 18.2 Å². The van der Waals surface area contributed by atoms with E-state index >= 15 is 8.78 Å². The molecule has 1 aliphatic heterocycles. The maximum atomic E-state index is 15.2. The third-order valence-electron chi connectivity index (χ3n) is 7.17. The summed E-state index contributed by atoms with van der Waals surface area (Å²) in [6.07, 6.45) is 8.29. The van der Waals surface area contributed by atoms with Gasteiger partial charge < -0.3 is 14.2 Å². The Morgan fingerprint density at radius 3 is 2.10 bits per heavy atom. The topological polar surface area (TPSA) is 27.7 Å². The van der Waals surface area contributed by atoms with Gasteiger partial charge in [-0.3, -0.25) is 0 Å². The second-order valence-corrected chi connectivity index (χ2v) is 9.98. The summed E-state index contributed by atoms with van der Waals surface area (Å²) in [4.78, 5) is 0. The van der Waals surface area contributed by atoms with Gasteiger partial charge in [0.05, 0.1) is 32.0 Å². The Kier molecular flexibility index (Phi) is 10.8. The molecule has 214 valence electrons. The lowest BCUT2D eigenvalue weighted by molar-refractivity contribution is -0.0817. The Morgan fingerprint density at radius 1 is 0.800 bits per heavy atom. The van der Waals surface area contributed by atoms with E-state index in [0.29, 0.717) is 43.8 Å². The van der Waals surface area contributed by atoms with Crippen LogP contribution in [0.3, 0.4) is 0 Å². The van der Waals surface area contributed by atoms with Gasteiger partial charge in [-0.15, -0.1) is 0 Å². The Labute approximate surface area is 233 Å². The van der Waals surface area contributed by atoms with Crippen LogP contribution in [0.1, 0.15) is 64.0 Å². The van der Waals surface area contributed by atoms with Crippen molar-refractivity contribution >= 4 is 0 Å². The quantitative estimate of drug-likeness (QED) is 0.126. The monoisotopic (exact) mass is 556 g/mol. The third-order valence-corrected chi connectivity index (χ3v) is 7.17. The first-order chi connectivity index (χ1) is 19.4. The molecule has 0 saturated carbocycles. The number of rotatable bonds is 12. The highest BCUT2D eigenvalue weighted by atomic mass is 19.2. The van der Waals surface area contributed by atoms with Gasteiger partial charge in [0.2, 0.25) is 5.82 Å². The molecule has 1 fully saturated rings. The van der Waals surface area contributed by atoms with Gasteiger partial charge in [0.1, 0.15) is 0 Å². The molecule has 3 nitrogen and oxygen atoms in total. The van der Waals surface area contributed by atoms with Crippen LogP contribution in [0, 0.1) is 23.3 Å². The second kappa shape index (κ2) is 14.5. The van der Waals surface area contributed by atoms with E-state index in [9.17, 15) is 8.78 Å². The smallest absolute Gasteiger partial charge is 0.201 e. The van der Waals surface area contributed by atoms with Gasteiger partial charge in [-0.05, 0) is 49.4 Å². The minimum absolute atomic E-state index is 0.0619. The molecular formula is C33H36F4O3. The number of hydrogen-bond acceptors (Lipinski definition) is 3. The van der Waals surface area contributed by atoms with E-state index in [0.717, 1.165) is 25.7 Å². The van der Waals surface area contributed by atoms with Crippen molar-refractivity contribution in [1.82, 2.24) is 0 Å². The predicted molar refractivity (Wildman–Crippen MR) is 149 cm³/mol. The molecule has 0 N–H and O–H groups in total. The summed E-state index contributed by atoms with van der Waals surface area (Å²) >= 11 is 0. The van der Waals surface area contributed by atoms with Gasteiger partial charge in [0.15, 0.2) is 23.2 Å². The number of ether oxygens (including phenoxy) is 3. The van der Waals surface area contributed by atoms with Crippen LogP contribution in [0.5, 0.6) is 5.75 Å². The largest absolute Gasteiger partial charge is 0.490 e. The SMILES string of the molecule is C/C=C/COC1CCC(c2ccc(-c3ccc(-c4ccc(OCCCCCC)c(F)c4F)cc3)c(F)c2F)OC1. The molecule has 4 rings (SSSR count). The van der Waals surface area contributed by atoms with Gasteiger partial charge in [-0.25, -0.2) is 13.2 Å². The molecule has 2 unspecified atom stereocenters. The molecule has 0 spiro atoms. The molecule has 1 saturated heterocycles. The van der Waals surface area contributed by atoms with E-state index in [1.807, 2.05) is 19.1 Å². The van der Waals surface area contributed by atoms with Crippen molar-refractivity contribution in [3.05, 3.63) is 89.5 Å². The van der Waals surface area contributed by atoms with Crippen LogP contribution in [0.4, 0.5) is 17.6 Å². The summed E-state index contributed by atoms with van der Waals surface area (Å²) in [6.45, 7) is 5.14. The molecule has 3 aromatic carbocycles. The lowest BCUT2D eigenvalue weighted by Gasteiger charge is -2.29. The molecule has 7 heteroatoms. The maximum Gasteiger partial charge on any atom is 0.201 e. The fourth-order valence-electron chi connectivity index (χ4n) is 4.83. The van der Waals surface area contributed by atoms with E-state index in [-0.39, 0.29) is 28.5 Å². The Morgan fingerprint density at radius 2 is 1.48 bits per heavy atom. The molecule has 3 aromatic rings. The lowest BCUT2D eigenvalue weighted by Crippen LogP contribution is -2.28. The molecule has 0 aromatic heterocycles. The summed E-state index contributed by atoms with van der Waals surface area (Å²) in [5.41, 5.74) is 1.15. The van der Waals surface area contributed by atoms with Crippen LogP contribution < -0.4 is 4.74 Å². The van der Waals surface area contributed by atoms with Crippen LogP contribution in [0.25, 0.3) is 22.3 Å². The highest BCUT2D eigenvalue weighted by Gasteiger charge is 2.27. The van der Waals surface area contributed by atoms with Gasteiger partial charge >= 0.3 is 0 Å². The van der Waals surface area contributed by atoms with Crippen molar-refractivity contribution in [1.29, 1.82) is 0 Å². The third kappa shape index (κ3) is 7.12. The lowest BCUT2D eigenvalue weighted by atomic mass is 9.95. The van der Waals surface area contributed by atoms with Crippen molar-refractivity contribution in [2.24, 2.45) is 0 Å². The maximum absolute atomic E-state index is 15.2. The number of halogens is 4. The number of benzene rings is 3. The average Bonchev–Trinajstić information content (AvgIpc) is 2.97. The van der Waals surface area contributed by atoms with Gasteiger partial charge in [-0.2, -0.15) is 4.39 Å². The minimum atomic E-state index is -1.04. The second-order valence-electron chi connectivity index (χ2n) is 9.98. The number of allylic oxidation sites excluding steroid dienone is 1. The summed E-state index contributed by atoms with van der Waals surface area (Å²) in [7, 11) is 0. The standard InChI is InChI=1S/C33H36F4O3/c1-3-5-7-8-20-39-29-18-16-26(31(35)33(29)37)23-11-9-22(10-12-23)25-14-15-27(32(36)30(25)34)28-17-13-24(21-40-28)38-19-6-4-2/h4,6,9-12,14-16,18,24,28H,3,5,7-8,13,17,19-21H2,1-2H3/b6-4+. The fourth-order valence-corrected chi connectivity index (χ4v) is 4.83. The van der Waals surface area contributed by atoms with Crippen molar-refractivity contribution in [3.8, 4) is 28.0 Å². The fraction of sp³-hybridized carbons (Fsp3) is 0.394. The Hall–Kier alpha value is -3.16. The van der Waals surface area contributed by atoms with Crippen LogP contribution in [-0.2, 0) is 9.47 Å². The molecule has 0 bridgehead atoms. The number of unbranched alkanes of at least 4 members (excludes halogenated alkanes) is 3. The van der Waals surface area contributed by atoms with E-state index < -0.39 is 29.4 Å². The Balaban J connectivity index is 1.44. The molecule has 0 amide bonds. The van der Waals surface area contributed by atoms with Crippen molar-refractivity contribution in [3.63, 3.8) is 0 Å². The van der Waals surface area contributed by atoms with E-state index in [2.05, 4.69) is 6.92 Å². The van der Waals surface area contributed by atoms with Crippen LogP contribution in [-0.4, -0.2) is 25.9 Å². The zero-order valence-electron chi connectivity index (χ0n) is 23.0.